The summed E-state index contributed by atoms with van der Waals surface area (Å²) >= 11 is 0. The number of rotatable bonds is 17. The van der Waals surface area contributed by atoms with E-state index in [1.54, 1.807) is 42.5 Å². The van der Waals surface area contributed by atoms with Gasteiger partial charge in [-0.05, 0) is 100 Å². The Morgan fingerprint density at radius 1 is 0.462 bits per heavy atom. The Morgan fingerprint density at radius 2 is 0.808 bits per heavy atom. The van der Waals surface area contributed by atoms with Crippen molar-refractivity contribution < 1.29 is 20.1 Å². The summed E-state index contributed by atoms with van der Waals surface area (Å²) in [6.07, 6.45) is 14.0. The van der Waals surface area contributed by atoms with E-state index in [1.807, 2.05) is 42.5 Å². The monoisotopic (exact) mass is 696 g/mol. The zero-order valence-corrected chi connectivity index (χ0v) is 31.6. The summed E-state index contributed by atoms with van der Waals surface area (Å²) in [4.78, 5) is 0. The molecule has 0 aliphatic heterocycles. The average molecular weight is 697 g/mol. The molecule has 0 aromatic heterocycles. The maximum Gasteiger partial charge on any atom is 0.123 e. The molecule has 0 heterocycles. The van der Waals surface area contributed by atoms with Crippen LogP contribution in [0.15, 0.2) is 143 Å². The maximum absolute atomic E-state index is 10.5. The molecule has 0 aliphatic carbocycles. The van der Waals surface area contributed by atoms with Gasteiger partial charge >= 0.3 is 0 Å². The lowest BCUT2D eigenvalue weighted by atomic mass is 9.76. The van der Waals surface area contributed by atoms with Gasteiger partial charge in [0.05, 0.1) is 0 Å². The summed E-state index contributed by atoms with van der Waals surface area (Å²) in [6.45, 7) is 31.9. The standard InChI is InChI=1S/2C24H28O2/c1-6-9-18-16-20(11-13-22(18)25)24(4,5)21-12-14-23(26-15-8-3)19(17-21)10-7-2;1-6-9-17-14-20(12-13-22(17)25)24(4,5)21-15-18(10-7-2)23(26)19(16-21)11-8-3/h6-8,11-14,16-17,25H,1-3,9-10,15H2,4-5H3;6-8,12-16,25-26H,1-3,9-11H2,4-5H3. The van der Waals surface area contributed by atoms with Gasteiger partial charge in [0.1, 0.15) is 29.6 Å². The van der Waals surface area contributed by atoms with Crippen molar-refractivity contribution in [2.75, 3.05) is 6.61 Å². The third kappa shape index (κ3) is 9.85. The number of phenolic OH excluding ortho intramolecular Hbond substituents is 3. The van der Waals surface area contributed by atoms with E-state index in [2.05, 4.69) is 85.4 Å². The Labute approximate surface area is 312 Å². The minimum Gasteiger partial charge on any atom is -0.508 e. The number of ether oxygens (including phenoxy) is 1. The van der Waals surface area contributed by atoms with Crippen molar-refractivity contribution in [1.29, 1.82) is 0 Å². The van der Waals surface area contributed by atoms with Crippen LogP contribution in [0.25, 0.3) is 0 Å². The normalized spacial score (nSPS) is 11.1. The van der Waals surface area contributed by atoms with Crippen LogP contribution in [0.2, 0.25) is 0 Å². The van der Waals surface area contributed by atoms with Crippen molar-refractivity contribution in [2.45, 2.75) is 70.6 Å². The van der Waals surface area contributed by atoms with Crippen LogP contribution in [0.3, 0.4) is 0 Å². The van der Waals surface area contributed by atoms with Crippen molar-refractivity contribution in [1.82, 2.24) is 0 Å². The van der Waals surface area contributed by atoms with Gasteiger partial charge in [-0.25, -0.2) is 0 Å². The van der Waals surface area contributed by atoms with Gasteiger partial charge < -0.3 is 20.1 Å². The van der Waals surface area contributed by atoms with E-state index in [0.717, 1.165) is 56.7 Å². The fraction of sp³-hybridized carbons (Fsp3) is 0.250. The van der Waals surface area contributed by atoms with E-state index < -0.39 is 0 Å². The molecule has 0 fully saturated rings. The molecule has 3 N–H and O–H groups in total. The first-order valence-electron chi connectivity index (χ1n) is 17.7. The van der Waals surface area contributed by atoms with E-state index in [1.165, 1.54) is 5.56 Å². The van der Waals surface area contributed by atoms with E-state index in [-0.39, 0.29) is 16.6 Å². The predicted octanol–water partition coefficient (Wildman–Crippen LogP) is 11.3. The lowest BCUT2D eigenvalue weighted by Crippen LogP contribution is -2.20. The highest BCUT2D eigenvalue weighted by molar-refractivity contribution is 5.52. The largest absolute Gasteiger partial charge is 0.508 e. The first kappa shape index (κ1) is 40.9. The number of hydrogen-bond acceptors (Lipinski definition) is 4. The summed E-state index contributed by atoms with van der Waals surface area (Å²) in [6, 6.07) is 21.9. The summed E-state index contributed by atoms with van der Waals surface area (Å²) < 4.78 is 5.77. The molecule has 4 aromatic rings. The minimum absolute atomic E-state index is 0.212. The molecular formula is C48H56O4. The van der Waals surface area contributed by atoms with E-state index >= 15 is 0 Å². The smallest absolute Gasteiger partial charge is 0.123 e. The number of phenols is 3. The van der Waals surface area contributed by atoms with E-state index in [4.69, 9.17) is 4.74 Å². The molecule has 0 bridgehead atoms. The highest BCUT2D eigenvalue weighted by atomic mass is 16.5. The molecule has 272 valence electrons. The maximum atomic E-state index is 10.5. The van der Waals surface area contributed by atoms with Gasteiger partial charge in [-0.1, -0.05) is 119 Å². The van der Waals surface area contributed by atoms with E-state index in [0.29, 0.717) is 43.8 Å². The summed E-state index contributed by atoms with van der Waals surface area (Å²) in [5.74, 6) is 1.78. The molecule has 4 rings (SSSR count). The Kier molecular flexibility index (Phi) is 14.7. The number of allylic oxidation sites excluding steroid dienone is 5. The molecule has 4 heteroatoms. The molecule has 0 saturated heterocycles. The van der Waals surface area contributed by atoms with Crippen LogP contribution in [0.5, 0.6) is 23.0 Å². The van der Waals surface area contributed by atoms with Crippen LogP contribution in [-0.2, 0) is 42.9 Å². The van der Waals surface area contributed by atoms with Crippen LogP contribution >= 0.6 is 0 Å². The van der Waals surface area contributed by atoms with Crippen LogP contribution in [-0.4, -0.2) is 21.9 Å². The molecule has 52 heavy (non-hydrogen) atoms. The second-order valence-corrected chi connectivity index (χ2v) is 14.0. The summed E-state index contributed by atoms with van der Waals surface area (Å²) in [5.41, 5.74) is 8.65. The zero-order chi connectivity index (χ0) is 38.5. The average Bonchev–Trinajstić information content (AvgIpc) is 3.11. The lowest BCUT2D eigenvalue weighted by Gasteiger charge is -2.28. The highest BCUT2D eigenvalue weighted by Gasteiger charge is 2.27. The van der Waals surface area contributed by atoms with Crippen molar-refractivity contribution in [3.63, 3.8) is 0 Å². The van der Waals surface area contributed by atoms with Crippen molar-refractivity contribution in [3.8, 4) is 23.0 Å². The van der Waals surface area contributed by atoms with E-state index in [9.17, 15) is 15.3 Å². The predicted molar refractivity (Wildman–Crippen MR) is 220 cm³/mol. The number of benzene rings is 4. The van der Waals surface area contributed by atoms with Crippen LogP contribution in [0, 0.1) is 0 Å². The minimum atomic E-state index is -0.289. The summed E-state index contributed by atoms with van der Waals surface area (Å²) in [5, 5.41) is 30.6. The topological polar surface area (TPSA) is 69.9 Å². The van der Waals surface area contributed by atoms with Gasteiger partial charge in [0.25, 0.3) is 0 Å². The lowest BCUT2D eigenvalue weighted by molar-refractivity contribution is 0.359. The first-order chi connectivity index (χ1) is 24.8. The van der Waals surface area contributed by atoms with Crippen LogP contribution in [0.4, 0.5) is 0 Å². The Hall–Kier alpha value is -5.48. The fourth-order valence-electron chi connectivity index (χ4n) is 6.24. The molecule has 4 aromatic carbocycles. The quantitative estimate of drug-likeness (QED) is 0.0961. The van der Waals surface area contributed by atoms with Crippen LogP contribution < -0.4 is 4.74 Å². The zero-order valence-electron chi connectivity index (χ0n) is 31.6. The molecular weight excluding hydrogens is 641 g/mol. The highest BCUT2D eigenvalue weighted by Crippen LogP contribution is 2.39. The van der Waals surface area contributed by atoms with Gasteiger partial charge in [0.2, 0.25) is 0 Å². The third-order valence-corrected chi connectivity index (χ3v) is 9.55. The molecule has 0 atom stereocenters. The number of aromatic hydroxyl groups is 3. The summed E-state index contributed by atoms with van der Waals surface area (Å²) in [7, 11) is 0. The van der Waals surface area contributed by atoms with Crippen LogP contribution in [0.1, 0.15) is 77.8 Å². The van der Waals surface area contributed by atoms with Crippen molar-refractivity contribution in [2.24, 2.45) is 0 Å². The SMILES string of the molecule is C=CCOc1ccc(C(C)(C)c2ccc(O)c(CC=C)c2)cc1CC=C.C=CCc1cc(C(C)(C)c2cc(CC=C)c(O)c(CC=C)c2)ccc1O. The third-order valence-electron chi connectivity index (χ3n) is 9.55. The van der Waals surface area contributed by atoms with Gasteiger partial charge in [0.15, 0.2) is 0 Å². The Morgan fingerprint density at radius 3 is 1.23 bits per heavy atom. The molecule has 0 aliphatic rings. The second kappa shape index (κ2) is 18.7. The number of hydrogen-bond donors (Lipinski definition) is 3. The molecule has 0 amide bonds. The Bertz CT molecular complexity index is 1870. The molecule has 0 unspecified atom stereocenters. The first-order valence-corrected chi connectivity index (χ1v) is 17.7. The fourth-order valence-corrected chi connectivity index (χ4v) is 6.24. The van der Waals surface area contributed by atoms with Gasteiger partial charge in [-0.2, -0.15) is 0 Å². The molecule has 0 radical (unpaired) electrons. The van der Waals surface area contributed by atoms with Gasteiger partial charge in [-0.15, -0.1) is 32.9 Å². The van der Waals surface area contributed by atoms with Gasteiger partial charge in [0, 0.05) is 10.8 Å². The second-order valence-electron chi connectivity index (χ2n) is 14.0. The molecule has 0 saturated carbocycles. The van der Waals surface area contributed by atoms with Gasteiger partial charge in [-0.3, -0.25) is 0 Å². The molecule has 4 nitrogen and oxygen atoms in total. The van der Waals surface area contributed by atoms with Crippen molar-refractivity contribution >= 4 is 0 Å². The molecule has 0 spiro atoms. The Balaban J connectivity index is 0.000000280. The van der Waals surface area contributed by atoms with Crippen molar-refractivity contribution in [3.05, 3.63) is 193 Å².